The minimum atomic E-state index is -0.674. The van der Waals surface area contributed by atoms with E-state index in [4.69, 9.17) is 4.74 Å². The lowest BCUT2D eigenvalue weighted by Crippen LogP contribution is -2.35. The molecule has 0 bridgehead atoms. The number of aromatic nitrogens is 1. The topological polar surface area (TPSA) is 97.7 Å². The van der Waals surface area contributed by atoms with Gasteiger partial charge in [-0.15, -0.1) is 0 Å². The van der Waals surface area contributed by atoms with Gasteiger partial charge in [0, 0.05) is 23.2 Å². The van der Waals surface area contributed by atoms with Crippen molar-refractivity contribution in [3.63, 3.8) is 0 Å². The molecule has 0 radical (unpaired) electrons. The standard InChI is InChI=1S/C34H35N3O5/c1-21(2)19-36-28(18-35-33(41)42-34(3,4)5)29(23-11-7-6-8-12-23)27-17-22(15-16-26(27)30(36)38)20-37-31(39)24-13-9-10-14-25(24)32(37)40/h6-17,21H,18-20H2,1-5H3,(H,35,41). The van der Waals surface area contributed by atoms with Crippen LogP contribution in [0.1, 0.15) is 66.6 Å². The van der Waals surface area contributed by atoms with Crippen LogP contribution in [0.2, 0.25) is 0 Å². The predicted octanol–water partition coefficient (Wildman–Crippen LogP) is 6.15. The van der Waals surface area contributed by atoms with E-state index < -0.39 is 11.7 Å². The van der Waals surface area contributed by atoms with Crippen molar-refractivity contribution in [1.82, 2.24) is 14.8 Å². The van der Waals surface area contributed by atoms with Crippen molar-refractivity contribution in [3.8, 4) is 11.1 Å². The van der Waals surface area contributed by atoms with E-state index in [1.54, 1.807) is 61.7 Å². The minimum absolute atomic E-state index is 0.0666. The van der Waals surface area contributed by atoms with Gasteiger partial charge >= 0.3 is 6.09 Å². The largest absolute Gasteiger partial charge is 0.444 e. The molecule has 0 spiro atoms. The zero-order valence-corrected chi connectivity index (χ0v) is 24.6. The highest BCUT2D eigenvalue weighted by molar-refractivity contribution is 6.21. The summed E-state index contributed by atoms with van der Waals surface area (Å²) >= 11 is 0. The summed E-state index contributed by atoms with van der Waals surface area (Å²) in [5.74, 6) is -0.515. The quantitative estimate of drug-likeness (QED) is 0.271. The molecule has 3 amide bonds. The van der Waals surface area contributed by atoms with E-state index in [9.17, 15) is 19.2 Å². The number of hydrogen-bond acceptors (Lipinski definition) is 5. The molecule has 4 aromatic rings. The highest BCUT2D eigenvalue weighted by atomic mass is 16.6. The van der Waals surface area contributed by atoms with Crippen molar-refractivity contribution < 1.29 is 19.1 Å². The molecule has 216 valence electrons. The number of alkyl carbamates (subject to hydrolysis) is 1. The molecule has 0 saturated carbocycles. The number of imide groups is 1. The Morgan fingerprint density at radius 2 is 1.48 bits per heavy atom. The van der Waals surface area contributed by atoms with Gasteiger partial charge < -0.3 is 14.6 Å². The van der Waals surface area contributed by atoms with Gasteiger partial charge in [0.2, 0.25) is 0 Å². The molecule has 0 saturated heterocycles. The lowest BCUT2D eigenvalue weighted by atomic mass is 9.94. The highest BCUT2D eigenvalue weighted by Crippen LogP contribution is 2.33. The maximum Gasteiger partial charge on any atom is 0.407 e. The summed E-state index contributed by atoms with van der Waals surface area (Å²) < 4.78 is 7.21. The van der Waals surface area contributed by atoms with Gasteiger partial charge in [-0.1, -0.05) is 62.4 Å². The molecular formula is C34H35N3O5. The van der Waals surface area contributed by atoms with E-state index in [-0.39, 0.29) is 36.4 Å². The normalized spacial score (nSPS) is 13.1. The van der Waals surface area contributed by atoms with Crippen molar-refractivity contribution in [1.29, 1.82) is 0 Å². The third kappa shape index (κ3) is 5.70. The van der Waals surface area contributed by atoms with Crippen LogP contribution in [0.25, 0.3) is 21.9 Å². The van der Waals surface area contributed by atoms with Gasteiger partial charge in [-0.25, -0.2) is 4.79 Å². The minimum Gasteiger partial charge on any atom is -0.444 e. The Morgan fingerprint density at radius 3 is 2.07 bits per heavy atom. The molecule has 5 rings (SSSR count). The van der Waals surface area contributed by atoms with Gasteiger partial charge in [-0.2, -0.15) is 0 Å². The van der Waals surface area contributed by atoms with E-state index in [2.05, 4.69) is 5.32 Å². The molecule has 3 aromatic carbocycles. The van der Waals surface area contributed by atoms with Gasteiger partial charge in [0.1, 0.15) is 5.60 Å². The number of nitrogens with one attached hydrogen (secondary N) is 1. The van der Waals surface area contributed by atoms with Crippen LogP contribution in [-0.2, 0) is 24.4 Å². The maximum absolute atomic E-state index is 14.0. The average molecular weight is 566 g/mol. The number of hydrogen-bond donors (Lipinski definition) is 1. The molecule has 8 heteroatoms. The van der Waals surface area contributed by atoms with Crippen LogP contribution in [0.15, 0.2) is 77.6 Å². The number of nitrogens with zero attached hydrogens (tertiary/aromatic N) is 2. The molecule has 0 atom stereocenters. The Kier molecular flexibility index (Phi) is 7.73. The number of carbonyl (C=O) groups is 3. The summed E-state index contributed by atoms with van der Waals surface area (Å²) in [6.07, 6.45) is -0.579. The van der Waals surface area contributed by atoms with Gasteiger partial charge in [0.25, 0.3) is 17.4 Å². The Bertz CT molecular complexity index is 1710. The maximum atomic E-state index is 14.0. The summed E-state index contributed by atoms with van der Waals surface area (Å²) in [6, 6.07) is 21.9. The van der Waals surface area contributed by atoms with Crippen molar-refractivity contribution in [2.24, 2.45) is 5.92 Å². The molecule has 1 aliphatic heterocycles. The Morgan fingerprint density at radius 1 is 0.857 bits per heavy atom. The smallest absolute Gasteiger partial charge is 0.407 e. The summed E-state index contributed by atoms with van der Waals surface area (Å²) in [7, 11) is 0. The molecule has 0 fully saturated rings. The van der Waals surface area contributed by atoms with Crippen LogP contribution in [0.4, 0.5) is 4.79 Å². The fourth-order valence-corrected chi connectivity index (χ4v) is 5.35. The molecule has 0 aliphatic carbocycles. The van der Waals surface area contributed by atoms with E-state index in [1.807, 2.05) is 50.2 Å². The SMILES string of the molecule is CC(C)Cn1c(CNC(=O)OC(C)(C)C)c(-c2ccccc2)c2cc(CN3C(=O)c4ccccc4C3=O)ccc2c1=O. The average Bonchev–Trinajstić information content (AvgIpc) is 3.18. The van der Waals surface area contributed by atoms with Crippen molar-refractivity contribution >= 4 is 28.7 Å². The molecule has 8 nitrogen and oxygen atoms in total. The molecule has 42 heavy (non-hydrogen) atoms. The van der Waals surface area contributed by atoms with Crippen LogP contribution >= 0.6 is 0 Å². The number of benzene rings is 3. The third-order valence-electron chi connectivity index (χ3n) is 7.07. The number of amides is 3. The number of pyridine rings is 1. The van der Waals surface area contributed by atoms with Crippen LogP contribution in [0, 0.1) is 5.92 Å². The van der Waals surface area contributed by atoms with Gasteiger partial charge in [0.15, 0.2) is 0 Å². The molecular weight excluding hydrogens is 530 g/mol. The first-order chi connectivity index (χ1) is 19.9. The molecule has 1 aromatic heterocycles. The molecule has 2 heterocycles. The summed E-state index contributed by atoms with van der Waals surface area (Å²) in [5.41, 5.74) is 2.96. The van der Waals surface area contributed by atoms with Crippen molar-refractivity contribution in [2.75, 3.05) is 0 Å². The fraction of sp³-hybridized carbons (Fsp3) is 0.294. The van der Waals surface area contributed by atoms with Gasteiger partial charge in [-0.05, 0) is 67.5 Å². The monoisotopic (exact) mass is 565 g/mol. The predicted molar refractivity (Wildman–Crippen MR) is 162 cm³/mol. The summed E-state index contributed by atoms with van der Waals surface area (Å²) in [5, 5.41) is 4.05. The highest BCUT2D eigenvalue weighted by Gasteiger charge is 2.35. The van der Waals surface area contributed by atoms with E-state index in [0.29, 0.717) is 39.7 Å². The summed E-state index contributed by atoms with van der Waals surface area (Å²) in [4.78, 5) is 54.0. The second-order valence-corrected chi connectivity index (χ2v) is 12.0. The number of fused-ring (bicyclic) bond motifs is 2. The van der Waals surface area contributed by atoms with Gasteiger partial charge in [0.05, 0.1) is 24.2 Å². The van der Waals surface area contributed by atoms with E-state index in [1.165, 1.54) is 4.90 Å². The van der Waals surface area contributed by atoms with E-state index >= 15 is 0 Å². The van der Waals surface area contributed by atoms with Crippen LogP contribution in [0.3, 0.4) is 0 Å². The first-order valence-corrected chi connectivity index (χ1v) is 14.1. The Balaban J connectivity index is 1.65. The van der Waals surface area contributed by atoms with Crippen LogP contribution in [-0.4, -0.2) is 33.0 Å². The molecule has 1 N–H and O–H groups in total. The Hall–Kier alpha value is -4.72. The number of carbonyl (C=O) groups excluding carboxylic acids is 3. The van der Waals surface area contributed by atoms with Gasteiger partial charge in [-0.3, -0.25) is 19.3 Å². The zero-order valence-electron chi connectivity index (χ0n) is 24.6. The van der Waals surface area contributed by atoms with Crippen LogP contribution < -0.4 is 10.9 Å². The number of ether oxygens (including phenoxy) is 1. The summed E-state index contributed by atoms with van der Waals surface area (Å²) in [6.45, 7) is 10.0. The van der Waals surface area contributed by atoms with E-state index in [0.717, 1.165) is 11.1 Å². The van der Waals surface area contributed by atoms with Crippen molar-refractivity contribution in [3.05, 3.63) is 106 Å². The zero-order chi connectivity index (χ0) is 30.2. The third-order valence-corrected chi connectivity index (χ3v) is 7.07. The van der Waals surface area contributed by atoms with Crippen molar-refractivity contribution in [2.45, 2.75) is 59.9 Å². The second-order valence-electron chi connectivity index (χ2n) is 12.0. The van der Waals surface area contributed by atoms with Crippen LogP contribution in [0.5, 0.6) is 0 Å². The first kappa shape index (κ1) is 28.8. The second kappa shape index (κ2) is 11.3. The molecule has 0 unspecified atom stereocenters. The number of rotatable bonds is 7. The lowest BCUT2D eigenvalue weighted by Gasteiger charge is -2.24. The fourth-order valence-electron chi connectivity index (χ4n) is 5.35. The first-order valence-electron chi connectivity index (χ1n) is 14.1. The Labute approximate surface area is 244 Å². The lowest BCUT2D eigenvalue weighted by molar-refractivity contribution is 0.0521. The molecule has 1 aliphatic rings.